The fraction of sp³-hybridized carbons (Fsp3) is 0. The van der Waals surface area contributed by atoms with Crippen molar-refractivity contribution in [1.82, 2.24) is 9.38 Å². The lowest BCUT2D eigenvalue weighted by Crippen LogP contribution is -1.93. The highest BCUT2D eigenvalue weighted by molar-refractivity contribution is 6.34. The molecule has 100 valence electrons. The van der Waals surface area contributed by atoms with Crippen LogP contribution in [0, 0.1) is 0 Å². The van der Waals surface area contributed by atoms with Crippen LogP contribution in [0.5, 0.6) is 11.6 Å². The van der Waals surface area contributed by atoms with E-state index in [-0.39, 0.29) is 5.88 Å². The number of aromatic nitrogens is 2. The number of hydrogen-bond donors (Lipinski definition) is 0. The first-order chi connectivity index (χ1) is 9.69. The predicted molar refractivity (Wildman–Crippen MR) is 77.1 cm³/mol. The zero-order valence-electron chi connectivity index (χ0n) is 10.1. The lowest BCUT2D eigenvalue weighted by Gasteiger charge is -2.05. The SMILES string of the molecule is O=Cc1c(Oc2cc(Cl)ccc2Cl)nc2ccccn12. The number of hydrogen-bond acceptors (Lipinski definition) is 3. The molecule has 20 heavy (non-hydrogen) atoms. The van der Waals surface area contributed by atoms with E-state index < -0.39 is 0 Å². The van der Waals surface area contributed by atoms with E-state index in [9.17, 15) is 4.79 Å². The lowest BCUT2D eigenvalue weighted by atomic mass is 10.3. The van der Waals surface area contributed by atoms with Crippen LogP contribution in [0.15, 0.2) is 42.6 Å². The van der Waals surface area contributed by atoms with Gasteiger partial charge in [0.1, 0.15) is 11.4 Å². The second-order valence-corrected chi connectivity index (χ2v) is 4.87. The molecule has 0 saturated carbocycles. The van der Waals surface area contributed by atoms with Crippen molar-refractivity contribution in [3.63, 3.8) is 0 Å². The average molecular weight is 307 g/mol. The Labute approximate surface area is 124 Å². The van der Waals surface area contributed by atoms with Gasteiger partial charge in [-0.25, -0.2) is 0 Å². The normalized spacial score (nSPS) is 10.7. The van der Waals surface area contributed by atoms with Gasteiger partial charge in [0.2, 0.25) is 5.88 Å². The van der Waals surface area contributed by atoms with Crippen molar-refractivity contribution < 1.29 is 9.53 Å². The van der Waals surface area contributed by atoms with Gasteiger partial charge in [-0.2, -0.15) is 4.98 Å². The van der Waals surface area contributed by atoms with E-state index in [1.165, 1.54) is 0 Å². The van der Waals surface area contributed by atoms with Crippen LogP contribution < -0.4 is 4.74 Å². The molecule has 2 aromatic heterocycles. The van der Waals surface area contributed by atoms with Gasteiger partial charge in [0.25, 0.3) is 0 Å². The summed E-state index contributed by atoms with van der Waals surface area (Å²) in [5, 5.41) is 0.879. The van der Waals surface area contributed by atoms with E-state index in [1.807, 2.05) is 6.07 Å². The number of imidazole rings is 1. The van der Waals surface area contributed by atoms with Gasteiger partial charge in [-0.15, -0.1) is 0 Å². The van der Waals surface area contributed by atoms with Crippen LogP contribution in [-0.4, -0.2) is 15.7 Å². The van der Waals surface area contributed by atoms with Crippen LogP contribution in [0.3, 0.4) is 0 Å². The number of carbonyl (C=O) groups excluding carboxylic acids is 1. The Morgan fingerprint density at radius 3 is 2.85 bits per heavy atom. The quantitative estimate of drug-likeness (QED) is 0.680. The number of carbonyl (C=O) groups is 1. The summed E-state index contributed by atoms with van der Waals surface area (Å²) in [7, 11) is 0. The van der Waals surface area contributed by atoms with Gasteiger partial charge in [0, 0.05) is 17.3 Å². The minimum absolute atomic E-state index is 0.190. The molecule has 0 radical (unpaired) electrons. The summed E-state index contributed by atoms with van der Waals surface area (Å²) in [6.07, 6.45) is 2.42. The van der Waals surface area contributed by atoms with Crippen LogP contribution in [-0.2, 0) is 0 Å². The third-order valence-corrected chi connectivity index (χ3v) is 3.29. The van der Waals surface area contributed by atoms with Crippen LogP contribution in [0.4, 0.5) is 0 Å². The van der Waals surface area contributed by atoms with Gasteiger partial charge < -0.3 is 4.74 Å². The summed E-state index contributed by atoms with van der Waals surface area (Å²) in [5.41, 5.74) is 0.930. The minimum Gasteiger partial charge on any atom is -0.435 e. The molecular formula is C14H8Cl2N2O2. The molecule has 0 N–H and O–H groups in total. The van der Waals surface area contributed by atoms with Crippen molar-refractivity contribution in [2.24, 2.45) is 0 Å². The molecule has 6 heteroatoms. The molecule has 0 atom stereocenters. The molecular weight excluding hydrogens is 299 g/mol. The molecule has 0 spiro atoms. The zero-order chi connectivity index (χ0) is 14.1. The van der Waals surface area contributed by atoms with Gasteiger partial charge >= 0.3 is 0 Å². The zero-order valence-corrected chi connectivity index (χ0v) is 11.6. The van der Waals surface area contributed by atoms with Crippen LogP contribution in [0.25, 0.3) is 5.65 Å². The average Bonchev–Trinajstić information content (AvgIpc) is 2.80. The molecule has 0 aliphatic rings. The summed E-state index contributed by atoms with van der Waals surface area (Å²) in [4.78, 5) is 15.5. The van der Waals surface area contributed by atoms with Gasteiger partial charge in [0.15, 0.2) is 12.0 Å². The summed E-state index contributed by atoms with van der Waals surface area (Å²) < 4.78 is 7.26. The maximum absolute atomic E-state index is 11.2. The summed E-state index contributed by atoms with van der Waals surface area (Å²) in [6.45, 7) is 0. The van der Waals surface area contributed by atoms with Crippen LogP contribution in [0.1, 0.15) is 10.5 Å². The van der Waals surface area contributed by atoms with E-state index in [1.54, 1.807) is 40.9 Å². The Hall–Kier alpha value is -2.04. The molecule has 0 unspecified atom stereocenters. The molecule has 0 fully saturated rings. The number of halogens is 2. The molecule has 0 aliphatic carbocycles. The smallest absolute Gasteiger partial charge is 0.249 e. The first-order valence-electron chi connectivity index (χ1n) is 5.74. The molecule has 3 aromatic rings. The maximum Gasteiger partial charge on any atom is 0.249 e. The third-order valence-electron chi connectivity index (χ3n) is 2.74. The third kappa shape index (κ3) is 2.24. The molecule has 0 bridgehead atoms. The van der Waals surface area contributed by atoms with Crippen molar-refractivity contribution in [2.75, 3.05) is 0 Å². The van der Waals surface area contributed by atoms with Crippen LogP contribution in [0.2, 0.25) is 10.0 Å². The summed E-state index contributed by atoms with van der Waals surface area (Å²) in [5.74, 6) is 0.543. The Morgan fingerprint density at radius 1 is 1.20 bits per heavy atom. The Bertz CT molecular complexity index is 799. The fourth-order valence-electron chi connectivity index (χ4n) is 1.84. The van der Waals surface area contributed by atoms with Crippen molar-refractivity contribution in [3.8, 4) is 11.6 Å². The van der Waals surface area contributed by atoms with Gasteiger partial charge in [-0.3, -0.25) is 9.20 Å². The maximum atomic E-state index is 11.2. The number of fused-ring (bicyclic) bond motifs is 1. The number of pyridine rings is 1. The lowest BCUT2D eigenvalue weighted by molar-refractivity contribution is 0.111. The highest BCUT2D eigenvalue weighted by Gasteiger charge is 2.14. The molecule has 2 heterocycles. The molecule has 0 amide bonds. The van der Waals surface area contributed by atoms with E-state index >= 15 is 0 Å². The largest absolute Gasteiger partial charge is 0.435 e. The number of nitrogens with zero attached hydrogens (tertiary/aromatic N) is 2. The molecule has 4 nitrogen and oxygen atoms in total. The van der Waals surface area contributed by atoms with Crippen molar-refractivity contribution >= 4 is 35.1 Å². The van der Waals surface area contributed by atoms with E-state index in [4.69, 9.17) is 27.9 Å². The standard InChI is InChI=1S/C14H8Cl2N2O2/c15-9-4-5-10(16)12(7-9)20-14-11(8-19)18-6-2-1-3-13(18)17-14/h1-8H. The Kier molecular flexibility index (Phi) is 3.34. The topological polar surface area (TPSA) is 43.6 Å². The highest BCUT2D eigenvalue weighted by Crippen LogP contribution is 2.32. The Balaban J connectivity index is 2.10. The van der Waals surface area contributed by atoms with Crippen molar-refractivity contribution in [1.29, 1.82) is 0 Å². The van der Waals surface area contributed by atoms with Gasteiger partial charge in [-0.1, -0.05) is 29.3 Å². The second-order valence-electron chi connectivity index (χ2n) is 4.03. The molecule has 0 saturated heterocycles. The first-order valence-corrected chi connectivity index (χ1v) is 6.50. The second kappa shape index (κ2) is 5.15. The number of benzene rings is 1. The highest BCUT2D eigenvalue weighted by atomic mass is 35.5. The molecule has 0 aliphatic heterocycles. The van der Waals surface area contributed by atoms with Crippen LogP contribution >= 0.6 is 23.2 Å². The molecule has 3 rings (SSSR count). The first kappa shape index (κ1) is 13.0. The minimum atomic E-state index is 0.190. The number of rotatable bonds is 3. The van der Waals surface area contributed by atoms with E-state index in [2.05, 4.69) is 4.98 Å². The Morgan fingerprint density at radius 2 is 2.05 bits per heavy atom. The summed E-state index contributed by atoms with van der Waals surface area (Å²) in [6, 6.07) is 10.3. The number of aldehydes is 1. The predicted octanol–water partition coefficient (Wildman–Crippen LogP) is 4.25. The summed E-state index contributed by atoms with van der Waals surface area (Å²) >= 11 is 11.9. The van der Waals surface area contributed by atoms with E-state index in [0.29, 0.717) is 33.4 Å². The van der Waals surface area contributed by atoms with Gasteiger partial charge in [-0.05, 0) is 24.3 Å². The molecule has 1 aromatic carbocycles. The van der Waals surface area contributed by atoms with Gasteiger partial charge in [0.05, 0.1) is 5.02 Å². The van der Waals surface area contributed by atoms with Crippen molar-refractivity contribution in [3.05, 3.63) is 58.3 Å². The van der Waals surface area contributed by atoms with Crippen molar-refractivity contribution in [2.45, 2.75) is 0 Å². The number of ether oxygens (including phenoxy) is 1. The monoisotopic (exact) mass is 306 g/mol. The van der Waals surface area contributed by atoms with E-state index in [0.717, 1.165) is 0 Å². The fourth-order valence-corrected chi connectivity index (χ4v) is 2.15.